The number of esters is 1. The number of carbonyl (C=O) groups is 2. The predicted octanol–water partition coefficient (Wildman–Crippen LogP) is 2.75. The summed E-state index contributed by atoms with van der Waals surface area (Å²) in [6, 6.07) is 5.60. The average molecular weight is 445 g/mol. The number of anilines is 1. The lowest BCUT2D eigenvalue weighted by Crippen LogP contribution is -2.38. The maximum absolute atomic E-state index is 12.3. The smallest absolute Gasteiger partial charge is 0.307 e. The highest BCUT2D eigenvalue weighted by molar-refractivity contribution is 6.64. The molecule has 0 aliphatic heterocycles. The van der Waals surface area contributed by atoms with Crippen molar-refractivity contribution >= 4 is 48.5 Å². The van der Waals surface area contributed by atoms with Crippen LogP contribution in [-0.4, -0.2) is 63.2 Å². The Morgan fingerprint density at radius 2 is 1.93 bits per heavy atom. The number of benzene rings is 1. The van der Waals surface area contributed by atoms with Crippen LogP contribution in [0.25, 0.3) is 0 Å². The standard InChI is InChI=1S/C20H31BCl2N2O4/c1-20(2,3)29-19(27)13-16(24-21-14-26)11-15-12-17(5-6-18(15)28-4)25(9-7-22)10-8-23/h5-6,12,14,16,21,24H,7-11,13H2,1-4H3/t16-/m0/s1. The van der Waals surface area contributed by atoms with Gasteiger partial charge in [0, 0.05) is 36.6 Å². The van der Waals surface area contributed by atoms with Crippen molar-refractivity contribution in [1.82, 2.24) is 5.23 Å². The fourth-order valence-electron chi connectivity index (χ4n) is 2.98. The molecule has 1 aromatic rings. The van der Waals surface area contributed by atoms with Crippen LogP contribution in [-0.2, 0) is 20.7 Å². The minimum absolute atomic E-state index is 0.144. The van der Waals surface area contributed by atoms with Crippen molar-refractivity contribution in [2.75, 3.05) is 36.9 Å². The van der Waals surface area contributed by atoms with Crippen LogP contribution in [0.2, 0.25) is 0 Å². The minimum Gasteiger partial charge on any atom is -0.496 e. The second-order valence-corrected chi connectivity index (χ2v) is 8.38. The highest BCUT2D eigenvalue weighted by Crippen LogP contribution is 2.27. The van der Waals surface area contributed by atoms with Crippen molar-refractivity contribution in [3.8, 4) is 5.75 Å². The normalized spacial score (nSPS) is 12.2. The van der Waals surface area contributed by atoms with Crippen molar-refractivity contribution < 1.29 is 19.1 Å². The number of ether oxygens (including phenoxy) is 2. The van der Waals surface area contributed by atoms with Gasteiger partial charge in [-0.3, -0.25) is 4.79 Å². The molecular weight excluding hydrogens is 414 g/mol. The van der Waals surface area contributed by atoms with Crippen LogP contribution in [0.15, 0.2) is 18.2 Å². The van der Waals surface area contributed by atoms with Gasteiger partial charge in [0.2, 0.25) is 0 Å². The molecule has 0 aromatic heterocycles. The number of hydrogen-bond acceptors (Lipinski definition) is 6. The van der Waals surface area contributed by atoms with Gasteiger partial charge in [-0.15, -0.1) is 23.2 Å². The van der Waals surface area contributed by atoms with E-state index in [1.807, 2.05) is 39.0 Å². The van der Waals surface area contributed by atoms with E-state index in [9.17, 15) is 9.59 Å². The van der Waals surface area contributed by atoms with Gasteiger partial charge in [-0.05, 0) is 51.0 Å². The van der Waals surface area contributed by atoms with Gasteiger partial charge in [-0.2, -0.15) is 0 Å². The number of nitrogens with one attached hydrogen (secondary N) is 1. The van der Waals surface area contributed by atoms with Gasteiger partial charge in [0.1, 0.15) is 11.4 Å². The van der Waals surface area contributed by atoms with Gasteiger partial charge >= 0.3 is 5.97 Å². The zero-order valence-electron chi connectivity index (χ0n) is 17.7. The number of hydrogen-bond donors (Lipinski definition) is 1. The maximum atomic E-state index is 12.3. The van der Waals surface area contributed by atoms with Crippen LogP contribution in [0.1, 0.15) is 32.8 Å². The van der Waals surface area contributed by atoms with E-state index in [1.54, 1.807) is 7.11 Å². The second-order valence-electron chi connectivity index (χ2n) is 7.63. The number of nitrogens with zero attached hydrogens (tertiary/aromatic N) is 1. The SMILES string of the molecule is COc1ccc(N(CCCl)CCCl)cc1C[C@@H](CC(=O)OC(C)(C)C)NBC=O. The molecular formula is C20H31BCl2N2O4. The molecule has 0 aliphatic carbocycles. The Kier molecular flexibility index (Phi) is 11.5. The Bertz CT molecular complexity index is 650. The van der Waals surface area contributed by atoms with Gasteiger partial charge < -0.3 is 24.4 Å². The Balaban J connectivity index is 3.06. The lowest BCUT2D eigenvalue weighted by molar-refractivity contribution is -0.155. The molecule has 9 heteroatoms. The first-order valence-electron chi connectivity index (χ1n) is 9.66. The lowest BCUT2D eigenvalue weighted by atomic mass is 9.92. The fourth-order valence-corrected chi connectivity index (χ4v) is 3.38. The van der Waals surface area contributed by atoms with Gasteiger partial charge in [0.05, 0.1) is 19.7 Å². The molecule has 6 nitrogen and oxygen atoms in total. The Morgan fingerprint density at radius 3 is 2.45 bits per heavy atom. The summed E-state index contributed by atoms with van der Waals surface area (Å²) in [5.74, 6) is 1.37. The number of halogens is 2. The third kappa shape index (κ3) is 9.74. The molecule has 0 amide bonds. The molecule has 0 heterocycles. The number of rotatable bonds is 13. The van der Waals surface area contributed by atoms with E-state index < -0.39 is 5.60 Å². The second kappa shape index (κ2) is 13.0. The van der Waals surface area contributed by atoms with E-state index in [0.717, 1.165) is 17.4 Å². The zero-order chi connectivity index (χ0) is 21.9. The summed E-state index contributed by atoms with van der Waals surface area (Å²) < 4.78 is 10.9. The molecule has 1 atom stereocenters. The number of alkyl halides is 2. The van der Waals surface area contributed by atoms with E-state index in [-0.39, 0.29) is 25.8 Å². The van der Waals surface area contributed by atoms with Gasteiger partial charge in [-0.1, -0.05) is 0 Å². The highest BCUT2D eigenvalue weighted by Gasteiger charge is 2.22. The molecule has 0 bridgehead atoms. The van der Waals surface area contributed by atoms with Crippen molar-refractivity contribution in [3.63, 3.8) is 0 Å². The van der Waals surface area contributed by atoms with Crippen LogP contribution in [0, 0.1) is 0 Å². The molecule has 29 heavy (non-hydrogen) atoms. The van der Waals surface area contributed by atoms with Crippen molar-refractivity contribution in [2.24, 2.45) is 0 Å². The first-order valence-corrected chi connectivity index (χ1v) is 10.7. The Labute approximate surface area is 184 Å². The lowest BCUT2D eigenvalue weighted by Gasteiger charge is -2.26. The molecule has 0 fully saturated rings. The predicted molar refractivity (Wildman–Crippen MR) is 122 cm³/mol. The van der Waals surface area contributed by atoms with Crippen molar-refractivity contribution in [3.05, 3.63) is 23.8 Å². The molecule has 1 aromatic carbocycles. The first-order chi connectivity index (χ1) is 13.7. The summed E-state index contributed by atoms with van der Waals surface area (Å²) in [5, 5.41) is 3.10. The summed E-state index contributed by atoms with van der Waals surface area (Å²) in [6.45, 7) is 6.82. The zero-order valence-corrected chi connectivity index (χ0v) is 19.2. The Morgan fingerprint density at radius 1 is 1.28 bits per heavy atom. The van der Waals surface area contributed by atoms with E-state index in [1.165, 1.54) is 0 Å². The molecule has 0 spiro atoms. The van der Waals surface area contributed by atoms with E-state index in [2.05, 4.69) is 10.1 Å². The molecule has 0 radical (unpaired) electrons. The van der Waals surface area contributed by atoms with Crippen LogP contribution in [0.4, 0.5) is 5.69 Å². The summed E-state index contributed by atoms with van der Waals surface area (Å²) in [6.07, 6.45) is 1.42. The van der Waals surface area contributed by atoms with E-state index in [0.29, 0.717) is 37.0 Å². The molecule has 0 aliphatic rings. The van der Waals surface area contributed by atoms with Crippen molar-refractivity contribution in [2.45, 2.75) is 45.3 Å². The molecule has 0 saturated carbocycles. The largest absolute Gasteiger partial charge is 0.496 e. The van der Waals surface area contributed by atoms with Crippen LogP contribution < -0.4 is 14.9 Å². The summed E-state index contributed by atoms with van der Waals surface area (Å²) in [4.78, 5) is 25.3. The quantitative estimate of drug-likeness (QED) is 0.218. The molecule has 0 saturated heterocycles. The molecule has 1 rings (SSSR count). The Hall–Kier alpha value is -1.44. The molecule has 1 N–H and O–H groups in total. The molecule has 162 valence electrons. The number of methoxy groups -OCH3 is 1. The van der Waals surface area contributed by atoms with E-state index in [4.69, 9.17) is 32.7 Å². The minimum atomic E-state index is -0.562. The average Bonchev–Trinajstić information content (AvgIpc) is 2.64. The van der Waals surface area contributed by atoms with E-state index >= 15 is 0 Å². The van der Waals surface area contributed by atoms with Crippen molar-refractivity contribution in [1.29, 1.82) is 0 Å². The third-order valence-electron chi connectivity index (χ3n) is 4.13. The van der Waals surface area contributed by atoms with Gasteiger partial charge in [0.15, 0.2) is 0 Å². The van der Waals surface area contributed by atoms with Crippen LogP contribution >= 0.6 is 23.2 Å². The summed E-state index contributed by atoms with van der Waals surface area (Å²) in [5.41, 5.74) is 1.34. The highest BCUT2D eigenvalue weighted by atomic mass is 35.5. The fraction of sp³-hybridized carbons (Fsp3) is 0.600. The summed E-state index contributed by atoms with van der Waals surface area (Å²) >= 11 is 11.9. The van der Waals surface area contributed by atoms with Gasteiger partial charge in [-0.25, -0.2) is 0 Å². The van der Waals surface area contributed by atoms with Crippen LogP contribution in [0.3, 0.4) is 0 Å². The number of carbonyl (C=O) groups excluding carboxylic acids is 2. The molecule has 0 unspecified atom stereocenters. The first kappa shape index (κ1) is 25.6. The topological polar surface area (TPSA) is 67.9 Å². The third-order valence-corrected chi connectivity index (χ3v) is 4.47. The monoisotopic (exact) mass is 444 g/mol. The van der Waals surface area contributed by atoms with Gasteiger partial charge in [0.25, 0.3) is 7.41 Å². The maximum Gasteiger partial charge on any atom is 0.307 e. The summed E-state index contributed by atoms with van der Waals surface area (Å²) in [7, 11) is 1.76. The van der Waals surface area contributed by atoms with Crippen LogP contribution in [0.5, 0.6) is 5.75 Å².